The fourth-order valence-corrected chi connectivity index (χ4v) is 2.39. The Morgan fingerprint density at radius 3 is 2.72 bits per heavy atom. The molecule has 90 valence electrons. The minimum atomic E-state index is -0.333. The second-order valence-corrected chi connectivity index (χ2v) is 4.31. The highest BCUT2D eigenvalue weighted by Crippen LogP contribution is 2.31. The van der Waals surface area contributed by atoms with Crippen LogP contribution in [-0.2, 0) is 6.42 Å². The molecule has 0 aliphatic heterocycles. The summed E-state index contributed by atoms with van der Waals surface area (Å²) < 4.78 is 0. The number of fused-ring (bicyclic) bond motifs is 3. The molecule has 4 heteroatoms. The standard InChI is InChI=1S/C14H12N2O2/c1-2-9-7-10(16(17)18)8-12-11-5-3-4-6-13(11)15-14(9)12/h3-8,15H,2H2,1H3. The Morgan fingerprint density at radius 2 is 2.00 bits per heavy atom. The molecule has 0 saturated heterocycles. The number of nitro groups is 1. The maximum Gasteiger partial charge on any atom is 0.270 e. The van der Waals surface area contributed by atoms with E-state index in [0.29, 0.717) is 0 Å². The number of rotatable bonds is 2. The maximum absolute atomic E-state index is 11.0. The zero-order chi connectivity index (χ0) is 12.7. The third-order valence-electron chi connectivity index (χ3n) is 3.27. The molecule has 0 radical (unpaired) electrons. The third kappa shape index (κ3) is 1.46. The Kier molecular flexibility index (Phi) is 2.30. The third-order valence-corrected chi connectivity index (χ3v) is 3.27. The van der Waals surface area contributed by atoms with Crippen LogP contribution in [-0.4, -0.2) is 9.91 Å². The predicted octanol–water partition coefficient (Wildman–Crippen LogP) is 3.79. The van der Waals surface area contributed by atoms with Crippen molar-refractivity contribution in [2.75, 3.05) is 0 Å². The van der Waals surface area contributed by atoms with E-state index in [1.165, 1.54) is 0 Å². The minimum Gasteiger partial charge on any atom is -0.354 e. The SMILES string of the molecule is CCc1cc([N+](=O)[O-])cc2c1[nH]c1ccccc12. The summed E-state index contributed by atoms with van der Waals surface area (Å²) in [6, 6.07) is 11.2. The monoisotopic (exact) mass is 240 g/mol. The number of para-hydroxylation sites is 1. The van der Waals surface area contributed by atoms with E-state index in [1.54, 1.807) is 12.1 Å². The number of aryl methyl sites for hydroxylation is 1. The van der Waals surface area contributed by atoms with Crippen LogP contribution >= 0.6 is 0 Å². The first-order valence-electron chi connectivity index (χ1n) is 5.88. The molecule has 3 aromatic rings. The van der Waals surface area contributed by atoms with Crippen molar-refractivity contribution in [1.82, 2.24) is 4.98 Å². The van der Waals surface area contributed by atoms with Crippen molar-refractivity contribution in [3.05, 3.63) is 52.1 Å². The first kappa shape index (κ1) is 10.8. The van der Waals surface area contributed by atoms with Gasteiger partial charge >= 0.3 is 0 Å². The first-order chi connectivity index (χ1) is 8.70. The van der Waals surface area contributed by atoms with E-state index in [0.717, 1.165) is 33.8 Å². The molecule has 3 rings (SSSR count). The quantitative estimate of drug-likeness (QED) is 0.547. The van der Waals surface area contributed by atoms with Crippen LogP contribution < -0.4 is 0 Å². The summed E-state index contributed by atoms with van der Waals surface area (Å²) in [5.74, 6) is 0. The molecule has 4 nitrogen and oxygen atoms in total. The molecule has 0 fully saturated rings. The summed E-state index contributed by atoms with van der Waals surface area (Å²) >= 11 is 0. The number of aromatic amines is 1. The highest BCUT2D eigenvalue weighted by Gasteiger charge is 2.14. The van der Waals surface area contributed by atoms with E-state index in [9.17, 15) is 10.1 Å². The number of hydrogen-bond acceptors (Lipinski definition) is 2. The van der Waals surface area contributed by atoms with E-state index < -0.39 is 0 Å². The number of nitrogens with one attached hydrogen (secondary N) is 1. The molecule has 0 spiro atoms. The molecule has 1 aromatic heterocycles. The average molecular weight is 240 g/mol. The lowest BCUT2D eigenvalue weighted by Gasteiger charge is -2.00. The fraction of sp³-hybridized carbons (Fsp3) is 0.143. The fourth-order valence-electron chi connectivity index (χ4n) is 2.39. The summed E-state index contributed by atoms with van der Waals surface area (Å²) in [7, 11) is 0. The number of nitro benzene ring substituents is 1. The van der Waals surface area contributed by atoms with Gasteiger partial charge in [0.25, 0.3) is 5.69 Å². The second kappa shape index (κ2) is 3.84. The van der Waals surface area contributed by atoms with E-state index in [-0.39, 0.29) is 10.6 Å². The molecule has 0 amide bonds. The summed E-state index contributed by atoms with van der Waals surface area (Å²) in [4.78, 5) is 14.0. The van der Waals surface area contributed by atoms with Crippen LogP contribution in [0.3, 0.4) is 0 Å². The van der Waals surface area contributed by atoms with E-state index in [2.05, 4.69) is 4.98 Å². The lowest BCUT2D eigenvalue weighted by Crippen LogP contribution is -1.91. The van der Waals surface area contributed by atoms with E-state index in [4.69, 9.17) is 0 Å². The van der Waals surface area contributed by atoms with E-state index >= 15 is 0 Å². The molecule has 0 aliphatic carbocycles. The minimum absolute atomic E-state index is 0.157. The second-order valence-electron chi connectivity index (χ2n) is 4.31. The topological polar surface area (TPSA) is 58.9 Å². The van der Waals surface area contributed by atoms with Gasteiger partial charge in [-0.15, -0.1) is 0 Å². The van der Waals surface area contributed by atoms with Crippen LogP contribution in [0.4, 0.5) is 5.69 Å². The average Bonchev–Trinajstić information content (AvgIpc) is 2.76. The zero-order valence-electron chi connectivity index (χ0n) is 9.93. The van der Waals surface area contributed by atoms with Crippen molar-refractivity contribution >= 4 is 27.5 Å². The highest BCUT2D eigenvalue weighted by molar-refractivity contribution is 6.09. The van der Waals surface area contributed by atoms with Gasteiger partial charge in [0.05, 0.1) is 10.4 Å². The van der Waals surface area contributed by atoms with E-state index in [1.807, 2.05) is 31.2 Å². The molecule has 1 heterocycles. The summed E-state index contributed by atoms with van der Waals surface area (Å²) in [5, 5.41) is 12.9. The summed E-state index contributed by atoms with van der Waals surface area (Å²) in [6.45, 7) is 2.00. The molecular weight excluding hydrogens is 228 g/mol. The van der Waals surface area contributed by atoms with Crippen molar-refractivity contribution < 1.29 is 4.92 Å². The Balaban J connectivity index is 2.48. The molecule has 0 atom stereocenters. The highest BCUT2D eigenvalue weighted by atomic mass is 16.6. The van der Waals surface area contributed by atoms with Crippen LogP contribution in [0.1, 0.15) is 12.5 Å². The molecule has 18 heavy (non-hydrogen) atoms. The van der Waals surface area contributed by atoms with Crippen molar-refractivity contribution in [3.63, 3.8) is 0 Å². The normalized spacial score (nSPS) is 11.2. The van der Waals surface area contributed by atoms with Gasteiger partial charge in [0.1, 0.15) is 0 Å². The summed E-state index contributed by atoms with van der Waals surface area (Å²) in [5.41, 5.74) is 3.16. The first-order valence-corrected chi connectivity index (χ1v) is 5.88. The van der Waals surface area contributed by atoms with Gasteiger partial charge < -0.3 is 4.98 Å². The summed E-state index contributed by atoms with van der Waals surface area (Å²) in [6.07, 6.45) is 0.769. The Bertz CT molecular complexity index is 759. The largest absolute Gasteiger partial charge is 0.354 e. The van der Waals surface area contributed by atoms with Crippen molar-refractivity contribution in [3.8, 4) is 0 Å². The van der Waals surface area contributed by atoms with Gasteiger partial charge in [-0.2, -0.15) is 0 Å². The molecule has 0 bridgehead atoms. The van der Waals surface area contributed by atoms with Gasteiger partial charge in [0, 0.05) is 28.4 Å². The molecule has 1 N–H and O–H groups in total. The van der Waals surface area contributed by atoms with Crippen LogP contribution in [0, 0.1) is 10.1 Å². The number of hydrogen-bond donors (Lipinski definition) is 1. The van der Waals surface area contributed by atoms with Crippen molar-refractivity contribution in [2.45, 2.75) is 13.3 Å². The zero-order valence-corrected chi connectivity index (χ0v) is 9.93. The molecule has 0 unspecified atom stereocenters. The molecular formula is C14H12N2O2. The van der Waals surface area contributed by atoms with Crippen LogP contribution in [0.15, 0.2) is 36.4 Å². The maximum atomic E-state index is 11.0. The Morgan fingerprint density at radius 1 is 1.22 bits per heavy atom. The number of nitrogens with zero attached hydrogens (tertiary/aromatic N) is 1. The predicted molar refractivity (Wildman–Crippen MR) is 71.8 cm³/mol. The van der Waals surface area contributed by atoms with Crippen LogP contribution in [0.25, 0.3) is 21.8 Å². The lowest BCUT2D eigenvalue weighted by molar-refractivity contribution is -0.384. The molecule has 0 saturated carbocycles. The number of H-pyrrole nitrogens is 1. The Hall–Kier alpha value is -2.36. The van der Waals surface area contributed by atoms with Crippen molar-refractivity contribution in [2.24, 2.45) is 0 Å². The number of non-ortho nitro benzene ring substituents is 1. The van der Waals surface area contributed by atoms with Gasteiger partial charge in [-0.1, -0.05) is 25.1 Å². The molecule has 0 aliphatic rings. The Labute approximate surface area is 103 Å². The van der Waals surface area contributed by atoms with Crippen LogP contribution in [0.5, 0.6) is 0 Å². The lowest BCUT2D eigenvalue weighted by atomic mass is 10.1. The van der Waals surface area contributed by atoms with Gasteiger partial charge in [-0.25, -0.2) is 0 Å². The van der Waals surface area contributed by atoms with Gasteiger partial charge in [0.15, 0.2) is 0 Å². The smallest absolute Gasteiger partial charge is 0.270 e. The van der Waals surface area contributed by atoms with Crippen LogP contribution in [0.2, 0.25) is 0 Å². The van der Waals surface area contributed by atoms with Gasteiger partial charge in [-0.05, 0) is 18.1 Å². The van der Waals surface area contributed by atoms with Gasteiger partial charge in [-0.3, -0.25) is 10.1 Å². The van der Waals surface area contributed by atoms with Crippen molar-refractivity contribution in [1.29, 1.82) is 0 Å². The molecule has 2 aromatic carbocycles. The number of aromatic nitrogens is 1. The number of benzene rings is 2. The van der Waals surface area contributed by atoms with Gasteiger partial charge in [0.2, 0.25) is 0 Å².